The lowest BCUT2D eigenvalue weighted by atomic mass is 10.1. The van der Waals surface area contributed by atoms with E-state index in [9.17, 15) is 9.59 Å². The molecule has 0 spiro atoms. The summed E-state index contributed by atoms with van der Waals surface area (Å²) in [4.78, 5) is 20.8. The van der Waals surface area contributed by atoms with Crippen molar-refractivity contribution in [3.05, 3.63) is 60.7 Å². The van der Waals surface area contributed by atoms with Gasteiger partial charge in [0.05, 0.1) is 0 Å². The standard InChI is InChI=1S/C12H12O4.C3H6/c1-2-12(14)16-8-11-5-3-4-10(6-11)7-15-9-13;1-3-2/h2-6,9H,1,7-8H2;3H,1H2,2H3. The molecule has 1 aromatic carbocycles. The van der Waals surface area contributed by atoms with Crippen LogP contribution in [-0.4, -0.2) is 12.4 Å². The molecule has 0 saturated heterocycles. The Morgan fingerprint density at radius 1 is 1.26 bits per heavy atom. The van der Waals surface area contributed by atoms with E-state index in [1.807, 2.05) is 19.1 Å². The fraction of sp³-hybridized carbons (Fsp3) is 0.200. The van der Waals surface area contributed by atoms with Crippen LogP contribution in [0.1, 0.15) is 18.1 Å². The Hall–Kier alpha value is -2.36. The highest BCUT2D eigenvalue weighted by Crippen LogP contribution is 2.07. The van der Waals surface area contributed by atoms with Crippen LogP contribution < -0.4 is 0 Å². The van der Waals surface area contributed by atoms with Gasteiger partial charge in [-0.2, -0.15) is 0 Å². The summed E-state index contributed by atoms with van der Waals surface area (Å²) in [5.74, 6) is -0.463. The molecule has 1 rings (SSSR count). The normalized spacial score (nSPS) is 8.47. The molecule has 0 radical (unpaired) electrons. The first-order valence-corrected chi connectivity index (χ1v) is 5.67. The number of hydrogen-bond donors (Lipinski definition) is 0. The molecule has 0 bridgehead atoms. The summed E-state index contributed by atoms with van der Waals surface area (Å²) in [6.45, 7) is 9.34. The third-order valence-electron chi connectivity index (χ3n) is 1.86. The maximum atomic E-state index is 10.8. The van der Waals surface area contributed by atoms with Gasteiger partial charge in [-0.15, -0.1) is 6.58 Å². The number of rotatable bonds is 6. The Morgan fingerprint density at radius 2 is 1.84 bits per heavy atom. The molecule has 0 unspecified atom stereocenters. The fourth-order valence-corrected chi connectivity index (χ4v) is 1.15. The Balaban J connectivity index is 0.000000982. The molecule has 1 aromatic rings. The summed E-state index contributed by atoms with van der Waals surface area (Å²) in [6, 6.07) is 7.25. The molecule has 0 aliphatic rings. The minimum absolute atomic E-state index is 0.180. The van der Waals surface area contributed by atoms with Crippen LogP contribution in [-0.2, 0) is 32.3 Å². The van der Waals surface area contributed by atoms with Gasteiger partial charge in [0, 0.05) is 6.08 Å². The molecule has 0 saturated carbocycles. The molecule has 0 atom stereocenters. The van der Waals surface area contributed by atoms with Crippen molar-refractivity contribution in [1.82, 2.24) is 0 Å². The van der Waals surface area contributed by atoms with Crippen molar-refractivity contribution in [2.24, 2.45) is 0 Å². The van der Waals surface area contributed by atoms with E-state index in [0.29, 0.717) is 6.47 Å². The molecular formula is C15H18O4. The summed E-state index contributed by atoms with van der Waals surface area (Å²) >= 11 is 0. The molecule has 102 valence electrons. The van der Waals surface area contributed by atoms with E-state index in [-0.39, 0.29) is 13.2 Å². The van der Waals surface area contributed by atoms with Gasteiger partial charge in [-0.3, -0.25) is 4.79 Å². The molecule has 0 aliphatic carbocycles. The molecule has 0 amide bonds. The lowest BCUT2D eigenvalue weighted by Crippen LogP contribution is -2.00. The van der Waals surface area contributed by atoms with Gasteiger partial charge in [0.15, 0.2) is 0 Å². The molecule has 0 N–H and O–H groups in total. The van der Waals surface area contributed by atoms with E-state index in [4.69, 9.17) is 4.74 Å². The van der Waals surface area contributed by atoms with Crippen LogP contribution in [0.2, 0.25) is 0 Å². The molecule has 4 nitrogen and oxygen atoms in total. The quantitative estimate of drug-likeness (QED) is 0.342. The lowest BCUT2D eigenvalue weighted by molar-refractivity contribution is -0.139. The second-order valence-corrected chi connectivity index (χ2v) is 3.45. The zero-order valence-electron chi connectivity index (χ0n) is 11.0. The number of carbonyl (C=O) groups excluding carboxylic acids is 2. The van der Waals surface area contributed by atoms with Crippen LogP contribution >= 0.6 is 0 Å². The molecule has 0 aromatic heterocycles. The van der Waals surface area contributed by atoms with E-state index < -0.39 is 5.97 Å². The van der Waals surface area contributed by atoms with Gasteiger partial charge in [0.25, 0.3) is 6.47 Å². The van der Waals surface area contributed by atoms with Crippen molar-refractivity contribution in [3.8, 4) is 0 Å². The van der Waals surface area contributed by atoms with E-state index in [1.54, 1.807) is 18.2 Å². The smallest absolute Gasteiger partial charge is 0.330 e. The predicted octanol–water partition coefficient (Wildman–Crippen LogP) is 2.78. The number of allylic oxidation sites excluding steroid dienone is 1. The van der Waals surface area contributed by atoms with Gasteiger partial charge in [-0.05, 0) is 24.1 Å². The van der Waals surface area contributed by atoms with Crippen LogP contribution in [0.3, 0.4) is 0 Å². The van der Waals surface area contributed by atoms with E-state index in [1.165, 1.54) is 0 Å². The maximum absolute atomic E-state index is 10.8. The summed E-state index contributed by atoms with van der Waals surface area (Å²) in [5, 5.41) is 0. The van der Waals surface area contributed by atoms with Crippen molar-refractivity contribution < 1.29 is 19.1 Å². The van der Waals surface area contributed by atoms with E-state index in [2.05, 4.69) is 17.9 Å². The lowest BCUT2D eigenvalue weighted by Gasteiger charge is -2.04. The topological polar surface area (TPSA) is 52.6 Å². The Bertz CT molecular complexity index is 424. The highest BCUT2D eigenvalue weighted by Gasteiger charge is 1.99. The highest BCUT2D eigenvalue weighted by molar-refractivity contribution is 5.81. The van der Waals surface area contributed by atoms with Gasteiger partial charge >= 0.3 is 5.97 Å². The van der Waals surface area contributed by atoms with Gasteiger partial charge in [0.1, 0.15) is 13.2 Å². The molecule has 0 heterocycles. The Labute approximate surface area is 113 Å². The number of carbonyl (C=O) groups is 2. The predicted molar refractivity (Wildman–Crippen MR) is 73.2 cm³/mol. The largest absolute Gasteiger partial charge is 0.463 e. The number of ether oxygens (including phenoxy) is 2. The monoisotopic (exact) mass is 262 g/mol. The zero-order valence-corrected chi connectivity index (χ0v) is 11.0. The SMILES string of the molecule is C=CC.C=CC(=O)OCc1cccc(COC=O)c1. The van der Waals surface area contributed by atoms with E-state index >= 15 is 0 Å². The van der Waals surface area contributed by atoms with Crippen LogP contribution in [0.5, 0.6) is 0 Å². The number of benzene rings is 1. The Kier molecular flexibility index (Phi) is 9.43. The third-order valence-corrected chi connectivity index (χ3v) is 1.86. The number of esters is 1. The Morgan fingerprint density at radius 3 is 2.37 bits per heavy atom. The van der Waals surface area contributed by atoms with Crippen LogP contribution in [0, 0.1) is 0 Å². The molecule has 19 heavy (non-hydrogen) atoms. The fourth-order valence-electron chi connectivity index (χ4n) is 1.15. The van der Waals surface area contributed by atoms with Crippen molar-refractivity contribution in [3.63, 3.8) is 0 Å². The molecule has 0 aliphatic heterocycles. The van der Waals surface area contributed by atoms with Crippen molar-refractivity contribution >= 4 is 12.4 Å². The van der Waals surface area contributed by atoms with Crippen LogP contribution in [0.15, 0.2) is 49.6 Å². The first-order valence-electron chi connectivity index (χ1n) is 5.67. The van der Waals surface area contributed by atoms with Crippen LogP contribution in [0.25, 0.3) is 0 Å². The second kappa shape index (κ2) is 10.8. The van der Waals surface area contributed by atoms with Crippen molar-refractivity contribution in [2.45, 2.75) is 20.1 Å². The second-order valence-electron chi connectivity index (χ2n) is 3.45. The summed E-state index contributed by atoms with van der Waals surface area (Å²) in [5.41, 5.74) is 1.68. The van der Waals surface area contributed by atoms with E-state index in [0.717, 1.165) is 17.2 Å². The van der Waals surface area contributed by atoms with Crippen LogP contribution in [0.4, 0.5) is 0 Å². The van der Waals surface area contributed by atoms with Crippen molar-refractivity contribution in [1.29, 1.82) is 0 Å². The average Bonchev–Trinajstić information content (AvgIpc) is 2.44. The summed E-state index contributed by atoms with van der Waals surface area (Å²) < 4.78 is 9.49. The first-order chi connectivity index (χ1) is 9.17. The number of hydrogen-bond acceptors (Lipinski definition) is 4. The summed E-state index contributed by atoms with van der Waals surface area (Å²) in [7, 11) is 0. The van der Waals surface area contributed by atoms with Crippen molar-refractivity contribution in [2.75, 3.05) is 0 Å². The minimum atomic E-state index is -0.463. The molecular weight excluding hydrogens is 244 g/mol. The average molecular weight is 262 g/mol. The maximum Gasteiger partial charge on any atom is 0.330 e. The van der Waals surface area contributed by atoms with Gasteiger partial charge in [-0.1, -0.05) is 30.9 Å². The molecule has 4 heteroatoms. The highest BCUT2D eigenvalue weighted by atomic mass is 16.5. The minimum Gasteiger partial charge on any atom is -0.463 e. The van der Waals surface area contributed by atoms with Gasteiger partial charge < -0.3 is 9.47 Å². The summed E-state index contributed by atoms with van der Waals surface area (Å²) in [6.07, 6.45) is 2.86. The zero-order chi connectivity index (χ0) is 14.5. The first kappa shape index (κ1) is 16.6. The third kappa shape index (κ3) is 8.37. The van der Waals surface area contributed by atoms with Gasteiger partial charge in [-0.25, -0.2) is 4.79 Å². The molecule has 0 fully saturated rings. The van der Waals surface area contributed by atoms with Gasteiger partial charge in [0.2, 0.25) is 0 Å².